The van der Waals surface area contributed by atoms with Gasteiger partial charge in [-0.3, -0.25) is 14.4 Å². The lowest BCUT2D eigenvalue weighted by Crippen LogP contribution is -2.62. The fraction of sp³-hybridized carbons (Fsp3) is 0.815. The Morgan fingerprint density at radius 3 is 2.23 bits per heavy atom. The Hall–Kier alpha value is -1.93. The smallest absolute Gasteiger partial charge is 0.314 e. The first-order valence-corrected chi connectivity index (χ1v) is 12.7. The van der Waals surface area contributed by atoms with Gasteiger partial charge in [-0.15, -0.1) is 0 Å². The third-order valence-corrected chi connectivity index (χ3v) is 9.25. The lowest BCUT2D eigenvalue weighted by atomic mass is 9.39. The molecule has 0 aromatic rings. The van der Waals surface area contributed by atoms with Crippen LogP contribution in [0.3, 0.4) is 0 Å². The zero-order valence-corrected chi connectivity index (χ0v) is 21.8. The van der Waals surface area contributed by atoms with Gasteiger partial charge in [0.2, 0.25) is 0 Å². The maximum Gasteiger partial charge on any atom is 0.314 e. The molecule has 0 aromatic carbocycles. The molecule has 3 rings (SSSR count). The molecule has 2 N–H and O–H groups in total. The van der Waals surface area contributed by atoms with Crippen LogP contribution in [0.1, 0.15) is 73.1 Å². The number of aliphatic hydroxyl groups excluding tert-OH is 2. The summed E-state index contributed by atoms with van der Waals surface area (Å²) in [6.45, 7) is 12.9. The molecular weight excluding hydrogens is 452 g/mol. The molecule has 198 valence electrons. The Kier molecular flexibility index (Phi) is 8.07. The quantitative estimate of drug-likeness (QED) is 0.315. The highest BCUT2D eigenvalue weighted by molar-refractivity contribution is 5.77. The van der Waals surface area contributed by atoms with Crippen LogP contribution in [0.5, 0.6) is 0 Å². The van der Waals surface area contributed by atoms with Gasteiger partial charge in [0.25, 0.3) is 0 Å². The number of carbonyl (C=O) groups is 3. The van der Waals surface area contributed by atoms with Crippen molar-refractivity contribution in [3.63, 3.8) is 0 Å². The summed E-state index contributed by atoms with van der Waals surface area (Å²) in [6.07, 6.45) is 3.16. The monoisotopic (exact) mass is 494 g/mol. The van der Waals surface area contributed by atoms with E-state index in [1.807, 2.05) is 0 Å². The van der Waals surface area contributed by atoms with Gasteiger partial charge in [-0.1, -0.05) is 32.9 Å². The van der Waals surface area contributed by atoms with E-state index in [9.17, 15) is 24.6 Å². The van der Waals surface area contributed by atoms with E-state index in [-0.39, 0.29) is 47.3 Å². The third kappa shape index (κ3) is 5.15. The average molecular weight is 495 g/mol. The lowest BCUT2D eigenvalue weighted by molar-refractivity contribution is -0.209. The van der Waals surface area contributed by atoms with Gasteiger partial charge in [0.05, 0.1) is 25.7 Å². The molecule has 8 heteroatoms. The topological polar surface area (TPSA) is 119 Å². The summed E-state index contributed by atoms with van der Waals surface area (Å²) in [5.74, 6) is -1.33. The van der Waals surface area contributed by atoms with Gasteiger partial charge in [-0.05, 0) is 61.2 Å². The molecule has 0 radical (unpaired) electrons. The Morgan fingerprint density at radius 2 is 1.66 bits per heavy atom. The van der Waals surface area contributed by atoms with Crippen molar-refractivity contribution in [3.8, 4) is 0 Å². The molecule has 8 nitrogen and oxygen atoms in total. The highest BCUT2D eigenvalue weighted by Crippen LogP contribution is 2.69. The minimum atomic E-state index is -0.957. The van der Waals surface area contributed by atoms with Crippen molar-refractivity contribution >= 4 is 17.9 Å². The summed E-state index contributed by atoms with van der Waals surface area (Å²) in [5.41, 5.74) is -0.260. The fourth-order valence-electron chi connectivity index (χ4n) is 8.10. The van der Waals surface area contributed by atoms with Gasteiger partial charge in [0, 0.05) is 19.3 Å². The summed E-state index contributed by atoms with van der Waals surface area (Å²) in [5, 5.41) is 18.9. The second-order valence-electron chi connectivity index (χ2n) is 11.8. The van der Waals surface area contributed by atoms with Gasteiger partial charge in [0.15, 0.2) is 0 Å². The van der Waals surface area contributed by atoms with Crippen LogP contribution in [0.25, 0.3) is 0 Å². The molecule has 0 spiro atoms. The molecule has 0 aromatic heterocycles. The van der Waals surface area contributed by atoms with Crippen molar-refractivity contribution in [2.75, 3.05) is 19.8 Å². The number of hydrogen-bond acceptors (Lipinski definition) is 8. The van der Waals surface area contributed by atoms with Crippen LogP contribution in [0, 0.1) is 34.0 Å². The van der Waals surface area contributed by atoms with Crippen LogP contribution in [0.2, 0.25) is 0 Å². The molecule has 0 saturated heterocycles. The van der Waals surface area contributed by atoms with E-state index in [0.717, 1.165) is 24.8 Å². The second-order valence-corrected chi connectivity index (χ2v) is 11.8. The highest BCUT2D eigenvalue weighted by atomic mass is 16.6. The van der Waals surface area contributed by atoms with Crippen LogP contribution in [0.15, 0.2) is 12.2 Å². The molecule has 35 heavy (non-hydrogen) atoms. The number of hydrogen-bond donors (Lipinski definition) is 2. The molecule has 0 amide bonds. The van der Waals surface area contributed by atoms with E-state index in [2.05, 4.69) is 27.4 Å². The highest BCUT2D eigenvalue weighted by Gasteiger charge is 2.65. The minimum absolute atomic E-state index is 0.119. The number of fused-ring (bicyclic) bond motifs is 3. The minimum Gasteiger partial charge on any atom is -0.465 e. The Labute approximate surface area is 208 Å². The van der Waals surface area contributed by atoms with Gasteiger partial charge in [0.1, 0.15) is 12.2 Å². The first-order chi connectivity index (χ1) is 16.3. The number of ether oxygens (including phenoxy) is 3. The molecule has 3 aliphatic rings. The molecule has 3 aliphatic carbocycles. The van der Waals surface area contributed by atoms with Crippen molar-refractivity contribution in [2.24, 2.45) is 34.0 Å². The van der Waals surface area contributed by atoms with E-state index in [4.69, 9.17) is 14.2 Å². The predicted octanol–water partition coefficient (Wildman–Crippen LogP) is 3.18. The molecule has 0 heterocycles. The largest absolute Gasteiger partial charge is 0.465 e. The van der Waals surface area contributed by atoms with Gasteiger partial charge >= 0.3 is 17.9 Å². The lowest BCUT2D eigenvalue weighted by Gasteiger charge is -2.66. The van der Waals surface area contributed by atoms with Gasteiger partial charge < -0.3 is 24.4 Å². The van der Waals surface area contributed by atoms with Crippen molar-refractivity contribution in [3.05, 3.63) is 12.2 Å². The number of aliphatic hydroxyl groups is 2. The first-order valence-electron chi connectivity index (χ1n) is 12.7. The standard InChI is InChI=1S/C27H42O8/c1-16-7-8-22-26(5,23(16)24(32)35-20(13-28)14-29)10-9-21-25(4,15-33-17(2)30)11-19(34-18(3)31)12-27(21,22)6/h19-23,28-29H,1,7-15H2,2-6H3/t19-,21?,22?,23-,25+,26+,27-/m1/s1. The second kappa shape index (κ2) is 10.2. The summed E-state index contributed by atoms with van der Waals surface area (Å²) in [7, 11) is 0. The predicted molar refractivity (Wildman–Crippen MR) is 128 cm³/mol. The number of carbonyl (C=O) groups excluding carboxylic acids is 3. The fourth-order valence-corrected chi connectivity index (χ4v) is 8.10. The molecular formula is C27H42O8. The maximum atomic E-state index is 13.3. The summed E-state index contributed by atoms with van der Waals surface area (Å²) >= 11 is 0. The number of rotatable bonds is 7. The SMILES string of the molecule is C=C1CCC2[C@]3(C)C[C@H](OC(C)=O)C[C@@](C)(COC(C)=O)C3CC[C@]2(C)[C@H]1C(=O)OC(CO)CO. The van der Waals surface area contributed by atoms with E-state index < -0.39 is 36.6 Å². The van der Waals surface area contributed by atoms with Crippen molar-refractivity contribution in [1.82, 2.24) is 0 Å². The third-order valence-electron chi connectivity index (χ3n) is 9.25. The van der Waals surface area contributed by atoms with E-state index in [1.54, 1.807) is 0 Å². The summed E-state index contributed by atoms with van der Waals surface area (Å²) in [6, 6.07) is 0. The first kappa shape index (κ1) is 27.7. The summed E-state index contributed by atoms with van der Waals surface area (Å²) < 4.78 is 16.8. The Morgan fingerprint density at radius 1 is 1.00 bits per heavy atom. The Bertz CT molecular complexity index is 850. The maximum absolute atomic E-state index is 13.3. The van der Waals surface area contributed by atoms with E-state index in [0.29, 0.717) is 19.3 Å². The van der Waals surface area contributed by atoms with Crippen molar-refractivity contribution in [1.29, 1.82) is 0 Å². The normalized spacial score (nSPS) is 38.8. The van der Waals surface area contributed by atoms with Gasteiger partial charge in [-0.25, -0.2) is 0 Å². The molecule has 0 bridgehead atoms. The molecule has 3 saturated carbocycles. The number of esters is 3. The molecule has 7 atom stereocenters. The van der Waals surface area contributed by atoms with Crippen molar-refractivity contribution < 1.29 is 38.8 Å². The summed E-state index contributed by atoms with van der Waals surface area (Å²) in [4.78, 5) is 37.0. The van der Waals surface area contributed by atoms with Crippen LogP contribution >= 0.6 is 0 Å². The van der Waals surface area contributed by atoms with E-state index in [1.165, 1.54) is 13.8 Å². The zero-order valence-electron chi connectivity index (χ0n) is 21.8. The molecule has 0 aliphatic heterocycles. The van der Waals surface area contributed by atoms with Crippen molar-refractivity contribution in [2.45, 2.75) is 85.4 Å². The van der Waals surface area contributed by atoms with Crippen LogP contribution in [-0.2, 0) is 28.6 Å². The molecule has 2 unspecified atom stereocenters. The zero-order chi connectivity index (χ0) is 26.2. The van der Waals surface area contributed by atoms with E-state index >= 15 is 0 Å². The van der Waals surface area contributed by atoms with Crippen LogP contribution < -0.4 is 0 Å². The Balaban J connectivity index is 1.99. The average Bonchev–Trinajstić information content (AvgIpc) is 2.74. The van der Waals surface area contributed by atoms with Crippen LogP contribution in [0.4, 0.5) is 0 Å². The molecule has 3 fully saturated rings. The van der Waals surface area contributed by atoms with Crippen LogP contribution in [-0.4, -0.2) is 60.1 Å². The van der Waals surface area contributed by atoms with Gasteiger partial charge in [-0.2, -0.15) is 0 Å².